The first-order valence-electron chi connectivity index (χ1n) is 8.67. The fourth-order valence-corrected chi connectivity index (χ4v) is 4.04. The van der Waals surface area contributed by atoms with Crippen LogP contribution in [0, 0.1) is 40.5 Å². The second-order valence-corrected chi connectivity index (χ2v) is 10.1. The van der Waals surface area contributed by atoms with E-state index >= 15 is 0 Å². The van der Waals surface area contributed by atoms with E-state index in [0.717, 1.165) is 0 Å². The van der Waals surface area contributed by atoms with Crippen LogP contribution in [0.25, 0.3) is 11.1 Å². The summed E-state index contributed by atoms with van der Waals surface area (Å²) in [5, 5.41) is 0. The molecule has 0 aromatic heterocycles. The van der Waals surface area contributed by atoms with Gasteiger partial charge in [0, 0.05) is 0 Å². The number of carbonyl (C=O) groups is 1. The van der Waals surface area contributed by atoms with E-state index in [1.165, 1.54) is 24.3 Å². The fraction of sp³-hybridized carbons (Fsp3) is 0.286. The molecule has 0 N–H and O–H groups in total. The lowest BCUT2D eigenvalue weighted by molar-refractivity contribution is -0.147. The van der Waals surface area contributed by atoms with Gasteiger partial charge in [0.15, 0.2) is 17.5 Å². The number of hydrogen-bond donors (Lipinski definition) is 0. The molecule has 1 fully saturated rings. The number of halogens is 6. The average molecular weight is 536 g/mol. The molecule has 2 atom stereocenters. The second-order valence-electron chi connectivity index (χ2n) is 7.36. The summed E-state index contributed by atoms with van der Waals surface area (Å²) in [6, 6.07) is 7.39. The summed E-state index contributed by atoms with van der Waals surface area (Å²) in [6.07, 6.45) is 1.79. The average Bonchev–Trinajstić information content (AvgIpc) is 3.20. The largest absolute Gasteiger partial charge is 0.460 e. The van der Waals surface area contributed by atoms with Crippen LogP contribution >= 0.6 is 31.9 Å². The molecule has 0 saturated heterocycles. The van der Waals surface area contributed by atoms with E-state index in [0.29, 0.717) is 3.39 Å². The molecule has 2 unspecified atom stereocenters. The Morgan fingerprint density at radius 2 is 1.66 bits per heavy atom. The van der Waals surface area contributed by atoms with Gasteiger partial charge in [-0.2, -0.15) is 0 Å². The van der Waals surface area contributed by atoms with Crippen molar-refractivity contribution in [3.63, 3.8) is 0 Å². The first-order chi connectivity index (χ1) is 13.6. The highest BCUT2D eigenvalue weighted by atomic mass is 79.9. The molecule has 29 heavy (non-hydrogen) atoms. The fourth-order valence-electron chi connectivity index (χ4n) is 3.47. The lowest BCUT2D eigenvalue weighted by Crippen LogP contribution is -2.14. The molecule has 0 spiro atoms. The summed E-state index contributed by atoms with van der Waals surface area (Å²) < 4.78 is 63.1. The molecule has 0 radical (unpaired) electrons. The van der Waals surface area contributed by atoms with Crippen molar-refractivity contribution in [3.05, 3.63) is 68.6 Å². The van der Waals surface area contributed by atoms with Crippen LogP contribution in [-0.4, -0.2) is 5.97 Å². The second kappa shape index (κ2) is 8.22. The molecule has 2 nitrogen and oxygen atoms in total. The number of allylic oxidation sites excluding steroid dienone is 1. The van der Waals surface area contributed by atoms with Crippen LogP contribution in [0.2, 0.25) is 0 Å². The molecule has 154 valence electrons. The quantitative estimate of drug-likeness (QED) is 0.181. The van der Waals surface area contributed by atoms with Crippen molar-refractivity contribution in [2.24, 2.45) is 17.3 Å². The minimum Gasteiger partial charge on any atom is -0.460 e. The summed E-state index contributed by atoms with van der Waals surface area (Å²) in [5.74, 6) is -7.76. The Kier molecular flexibility index (Phi) is 6.24. The van der Waals surface area contributed by atoms with Gasteiger partial charge in [0.2, 0.25) is 0 Å². The molecule has 1 aliphatic rings. The highest BCUT2D eigenvalue weighted by Gasteiger charge is 2.61. The van der Waals surface area contributed by atoms with E-state index in [1.807, 2.05) is 13.8 Å². The van der Waals surface area contributed by atoms with Crippen molar-refractivity contribution in [3.8, 4) is 11.1 Å². The van der Waals surface area contributed by atoms with Gasteiger partial charge in [0.25, 0.3) is 0 Å². The summed E-state index contributed by atoms with van der Waals surface area (Å²) in [7, 11) is 0. The van der Waals surface area contributed by atoms with E-state index in [2.05, 4.69) is 31.9 Å². The van der Waals surface area contributed by atoms with E-state index in [-0.39, 0.29) is 11.5 Å². The zero-order valence-electron chi connectivity index (χ0n) is 15.4. The molecule has 0 bridgehead atoms. The Morgan fingerprint density at radius 1 is 1.03 bits per heavy atom. The number of rotatable bonds is 5. The predicted octanol–water partition coefficient (Wildman–Crippen LogP) is 6.86. The first kappa shape index (κ1) is 22.0. The maximum Gasteiger partial charge on any atom is 0.310 e. The van der Waals surface area contributed by atoms with Crippen molar-refractivity contribution in [1.29, 1.82) is 0 Å². The predicted molar refractivity (Wildman–Crippen MR) is 108 cm³/mol. The lowest BCUT2D eigenvalue weighted by atomic mass is 10.0. The minimum atomic E-state index is -1.81. The molecular weight excluding hydrogens is 520 g/mol. The number of ether oxygens (including phenoxy) is 1. The Labute approximate surface area is 182 Å². The van der Waals surface area contributed by atoms with Gasteiger partial charge in [-0.15, -0.1) is 0 Å². The molecule has 8 heteroatoms. The van der Waals surface area contributed by atoms with E-state index in [1.54, 1.807) is 12.1 Å². The third kappa shape index (κ3) is 4.14. The lowest BCUT2D eigenvalue weighted by Gasteiger charge is -2.13. The van der Waals surface area contributed by atoms with Crippen LogP contribution in [0.5, 0.6) is 0 Å². The monoisotopic (exact) mass is 534 g/mol. The number of esters is 1. The van der Waals surface area contributed by atoms with Crippen LogP contribution < -0.4 is 0 Å². The van der Waals surface area contributed by atoms with Gasteiger partial charge < -0.3 is 4.74 Å². The van der Waals surface area contributed by atoms with Gasteiger partial charge in [0.05, 0.1) is 20.4 Å². The molecule has 2 aromatic carbocycles. The molecule has 0 aliphatic heterocycles. The maximum atomic E-state index is 14.9. The van der Waals surface area contributed by atoms with E-state index < -0.39 is 58.3 Å². The van der Waals surface area contributed by atoms with Crippen LogP contribution in [0.3, 0.4) is 0 Å². The van der Waals surface area contributed by atoms with Crippen molar-refractivity contribution >= 4 is 37.8 Å². The third-order valence-electron chi connectivity index (χ3n) is 5.25. The summed E-state index contributed by atoms with van der Waals surface area (Å²) in [5.41, 5.74) is -1.89. The Balaban J connectivity index is 1.88. The van der Waals surface area contributed by atoms with Crippen LogP contribution in [-0.2, 0) is 16.1 Å². The summed E-state index contributed by atoms with van der Waals surface area (Å²) >= 11 is 6.46. The van der Waals surface area contributed by atoms with Gasteiger partial charge >= 0.3 is 5.97 Å². The van der Waals surface area contributed by atoms with Gasteiger partial charge in [-0.05, 0) is 48.8 Å². The van der Waals surface area contributed by atoms with Crippen molar-refractivity contribution in [2.45, 2.75) is 20.5 Å². The van der Waals surface area contributed by atoms with Gasteiger partial charge in [0.1, 0.15) is 12.4 Å². The highest BCUT2D eigenvalue weighted by molar-refractivity contribution is 9.28. The summed E-state index contributed by atoms with van der Waals surface area (Å²) in [6.45, 7) is 2.87. The summed E-state index contributed by atoms with van der Waals surface area (Å²) in [4.78, 5) is 12.4. The molecule has 2 aromatic rings. The number of hydrogen-bond acceptors (Lipinski definition) is 2. The smallest absolute Gasteiger partial charge is 0.310 e. The molecule has 1 saturated carbocycles. The van der Waals surface area contributed by atoms with Gasteiger partial charge in [-0.1, -0.05) is 50.3 Å². The van der Waals surface area contributed by atoms with Crippen molar-refractivity contribution in [1.82, 2.24) is 0 Å². The molecule has 3 rings (SSSR count). The van der Waals surface area contributed by atoms with Crippen molar-refractivity contribution in [2.75, 3.05) is 0 Å². The molecule has 1 aliphatic carbocycles. The Hall–Kier alpha value is -1.67. The van der Waals surface area contributed by atoms with Crippen molar-refractivity contribution < 1.29 is 27.1 Å². The number of benzene rings is 2. The van der Waals surface area contributed by atoms with E-state index in [4.69, 9.17) is 4.74 Å². The normalized spacial score (nSPS) is 19.6. The van der Waals surface area contributed by atoms with Crippen LogP contribution in [0.1, 0.15) is 19.4 Å². The standard InChI is InChI=1S/C21H16Br2F4O2/c1-21(2)12(8-13(22)23)15(21)20(28)29-9-11-16(24)14(10-6-4-3-5-7-10)18(26)19(27)17(11)25/h3-8,12,15H,9H2,1-2H3. The number of carbonyl (C=O) groups excluding carboxylic acids is 1. The van der Waals surface area contributed by atoms with E-state index in [9.17, 15) is 22.4 Å². The Morgan fingerprint density at radius 3 is 2.24 bits per heavy atom. The topological polar surface area (TPSA) is 26.3 Å². The first-order valence-corrected chi connectivity index (χ1v) is 10.3. The maximum absolute atomic E-state index is 14.9. The zero-order chi connectivity index (χ0) is 21.5. The van der Waals surface area contributed by atoms with Crippen LogP contribution in [0.15, 0.2) is 39.8 Å². The molecule has 0 heterocycles. The minimum absolute atomic E-state index is 0.0460. The zero-order valence-corrected chi connectivity index (χ0v) is 18.6. The SMILES string of the molecule is CC1(C)C(C=C(Br)Br)C1C(=O)OCc1c(F)c(F)c(F)c(-c2ccccc2)c1F. The molecular formula is C21H16Br2F4O2. The Bertz CT molecular complexity index is 986. The molecule has 0 amide bonds. The highest BCUT2D eigenvalue weighted by Crippen LogP contribution is 2.60. The van der Waals surface area contributed by atoms with Crippen LogP contribution in [0.4, 0.5) is 17.6 Å². The third-order valence-corrected chi connectivity index (χ3v) is 5.77. The van der Waals surface area contributed by atoms with Gasteiger partial charge in [-0.25, -0.2) is 17.6 Å². The van der Waals surface area contributed by atoms with Gasteiger partial charge in [-0.3, -0.25) is 4.79 Å².